The lowest BCUT2D eigenvalue weighted by atomic mass is 9.90. The van der Waals surface area contributed by atoms with Crippen LogP contribution in [0.3, 0.4) is 0 Å². The molecule has 3 heteroatoms. The Hall–Kier alpha value is -1.35. The number of aliphatic hydroxyl groups is 1. The van der Waals surface area contributed by atoms with Crippen molar-refractivity contribution in [3.8, 4) is 0 Å². The SMILES string of the molecule is CCCC[C@H](CC(=O)O[C@@H]1CCCC[C@H]1O)c1ccccc1. The van der Waals surface area contributed by atoms with Gasteiger partial charge in [0, 0.05) is 0 Å². The van der Waals surface area contributed by atoms with Gasteiger partial charge in [0.2, 0.25) is 0 Å². The van der Waals surface area contributed by atoms with Crippen molar-refractivity contribution in [1.29, 1.82) is 0 Å². The molecule has 22 heavy (non-hydrogen) atoms. The minimum atomic E-state index is -0.483. The van der Waals surface area contributed by atoms with Crippen molar-refractivity contribution in [2.24, 2.45) is 0 Å². The molecule has 1 saturated carbocycles. The second kappa shape index (κ2) is 8.94. The molecular formula is C19H28O3. The van der Waals surface area contributed by atoms with Crippen LogP contribution in [0.5, 0.6) is 0 Å². The molecule has 1 aromatic carbocycles. The molecule has 2 rings (SSSR count). The topological polar surface area (TPSA) is 46.5 Å². The molecular weight excluding hydrogens is 276 g/mol. The van der Waals surface area contributed by atoms with E-state index in [4.69, 9.17) is 4.74 Å². The Morgan fingerprint density at radius 3 is 2.68 bits per heavy atom. The molecule has 0 spiro atoms. The highest BCUT2D eigenvalue weighted by molar-refractivity contribution is 5.70. The average Bonchev–Trinajstić information content (AvgIpc) is 2.54. The van der Waals surface area contributed by atoms with Crippen molar-refractivity contribution in [2.45, 2.75) is 76.4 Å². The van der Waals surface area contributed by atoms with Gasteiger partial charge in [-0.1, -0.05) is 56.5 Å². The molecule has 1 aliphatic rings. The van der Waals surface area contributed by atoms with E-state index < -0.39 is 6.10 Å². The normalized spacial score (nSPS) is 23.0. The molecule has 0 aliphatic heterocycles. The first-order valence-corrected chi connectivity index (χ1v) is 8.63. The zero-order valence-corrected chi connectivity index (χ0v) is 13.5. The summed E-state index contributed by atoms with van der Waals surface area (Å²) in [6, 6.07) is 10.2. The summed E-state index contributed by atoms with van der Waals surface area (Å²) in [6.45, 7) is 2.17. The summed E-state index contributed by atoms with van der Waals surface area (Å²) >= 11 is 0. The molecule has 3 atom stereocenters. The molecule has 1 fully saturated rings. The number of carbonyl (C=O) groups is 1. The second-order valence-electron chi connectivity index (χ2n) is 6.33. The first kappa shape index (κ1) is 17.0. The van der Waals surface area contributed by atoms with E-state index in [0.29, 0.717) is 6.42 Å². The molecule has 3 nitrogen and oxygen atoms in total. The van der Waals surface area contributed by atoms with E-state index in [1.807, 2.05) is 18.2 Å². The van der Waals surface area contributed by atoms with Gasteiger partial charge in [-0.15, -0.1) is 0 Å². The zero-order chi connectivity index (χ0) is 15.8. The van der Waals surface area contributed by atoms with Crippen LogP contribution in [0.4, 0.5) is 0 Å². The number of hydrogen-bond acceptors (Lipinski definition) is 3. The largest absolute Gasteiger partial charge is 0.460 e. The Morgan fingerprint density at radius 2 is 2.00 bits per heavy atom. The van der Waals surface area contributed by atoms with Crippen LogP contribution in [0.1, 0.15) is 69.8 Å². The third-order valence-corrected chi connectivity index (χ3v) is 4.54. The highest BCUT2D eigenvalue weighted by Crippen LogP contribution is 2.28. The summed E-state index contributed by atoms with van der Waals surface area (Å²) in [7, 11) is 0. The summed E-state index contributed by atoms with van der Waals surface area (Å²) < 4.78 is 5.55. The van der Waals surface area contributed by atoms with Crippen LogP contribution in [-0.2, 0) is 9.53 Å². The molecule has 1 aliphatic carbocycles. The van der Waals surface area contributed by atoms with Crippen LogP contribution in [0.15, 0.2) is 30.3 Å². The second-order valence-corrected chi connectivity index (χ2v) is 6.33. The quantitative estimate of drug-likeness (QED) is 0.768. The maximum Gasteiger partial charge on any atom is 0.306 e. The maximum atomic E-state index is 12.3. The van der Waals surface area contributed by atoms with E-state index >= 15 is 0 Å². The molecule has 0 unspecified atom stereocenters. The van der Waals surface area contributed by atoms with Gasteiger partial charge in [0.1, 0.15) is 6.10 Å². The van der Waals surface area contributed by atoms with E-state index in [2.05, 4.69) is 19.1 Å². The molecule has 122 valence electrons. The molecule has 0 amide bonds. The van der Waals surface area contributed by atoms with Gasteiger partial charge in [-0.05, 0) is 37.2 Å². The molecule has 0 heterocycles. The Kier molecular flexibility index (Phi) is 6.91. The number of aliphatic hydroxyl groups excluding tert-OH is 1. The summed E-state index contributed by atoms with van der Waals surface area (Å²) in [5, 5.41) is 9.93. The lowest BCUT2D eigenvalue weighted by molar-refractivity contribution is -0.158. The van der Waals surface area contributed by atoms with E-state index in [1.165, 1.54) is 5.56 Å². The van der Waals surface area contributed by atoms with E-state index in [1.54, 1.807) is 0 Å². The van der Waals surface area contributed by atoms with Crippen LogP contribution in [0.2, 0.25) is 0 Å². The van der Waals surface area contributed by atoms with Crippen LogP contribution in [0.25, 0.3) is 0 Å². The first-order chi connectivity index (χ1) is 10.7. The summed E-state index contributed by atoms with van der Waals surface area (Å²) in [6.07, 6.45) is 6.46. The van der Waals surface area contributed by atoms with Crippen molar-refractivity contribution in [3.63, 3.8) is 0 Å². The number of esters is 1. The van der Waals surface area contributed by atoms with E-state index in [9.17, 15) is 9.90 Å². The highest BCUT2D eigenvalue weighted by atomic mass is 16.6. The first-order valence-electron chi connectivity index (χ1n) is 8.63. The Labute approximate surface area is 133 Å². The van der Waals surface area contributed by atoms with E-state index in [-0.39, 0.29) is 18.0 Å². The fourth-order valence-corrected chi connectivity index (χ4v) is 3.20. The molecule has 1 N–H and O–H groups in total. The van der Waals surface area contributed by atoms with Crippen molar-refractivity contribution in [3.05, 3.63) is 35.9 Å². The Morgan fingerprint density at radius 1 is 1.27 bits per heavy atom. The van der Waals surface area contributed by atoms with Crippen LogP contribution >= 0.6 is 0 Å². The maximum absolute atomic E-state index is 12.3. The number of ether oxygens (including phenoxy) is 1. The van der Waals surface area contributed by atoms with Crippen molar-refractivity contribution in [1.82, 2.24) is 0 Å². The standard InChI is InChI=1S/C19H28O3/c1-2-3-9-16(15-10-5-4-6-11-15)14-19(21)22-18-13-8-7-12-17(18)20/h4-6,10-11,16-18,20H,2-3,7-9,12-14H2,1H3/t16-,17-,18-/m1/s1. The Balaban J connectivity index is 1.92. The zero-order valence-electron chi connectivity index (χ0n) is 13.5. The van der Waals surface area contributed by atoms with E-state index in [0.717, 1.165) is 44.9 Å². The minimum Gasteiger partial charge on any atom is -0.460 e. The summed E-state index contributed by atoms with van der Waals surface area (Å²) in [4.78, 5) is 12.3. The third-order valence-electron chi connectivity index (χ3n) is 4.54. The van der Waals surface area contributed by atoms with Gasteiger partial charge in [-0.25, -0.2) is 0 Å². The predicted octanol–water partition coefficient (Wildman–Crippen LogP) is 4.20. The van der Waals surface area contributed by atoms with Crippen molar-refractivity contribution < 1.29 is 14.6 Å². The molecule has 0 saturated heterocycles. The van der Waals surface area contributed by atoms with Gasteiger partial charge in [-0.3, -0.25) is 4.79 Å². The monoisotopic (exact) mass is 304 g/mol. The third kappa shape index (κ3) is 5.13. The fraction of sp³-hybridized carbons (Fsp3) is 0.632. The van der Waals surface area contributed by atoms with Crippen LogP contribution < -0.4 is 0 Å². The molecule has 0 radical (unpaired) electrons. The molecule has 1 aromatic rings. The number of rotatable bonds is 7. The summed E-state index contributed by atoms with van der Waals surface area (Å²) in [5.41, 5.74) is 1.21. The highest BCUT2D eigenvalue weighted by Gasteiger charge is 2.27. The number of unbranched alkanes of at least 4 members (excludes halogenated alkanes) is 1. The smallest absolute Gasteiger partial charge is 0.306 e. The van der Waals surface area contributed by atoms with Gasteiger partial charge >= 0.3 is 5.97 Å². The van der Waals surface area contributed by atoms with Gasteiger partial charge < -0.3 is 9.84 Å². The average molecular weight is 304 g/mol. The molecule has 0 bridgehead atoms. The lowest BCUT2D eigenvalue weighted by Crippen LogP contribution is -2.34. The van der Waals surface area contributed by atoms with Crippen LogP contribution in [0, 0.1) is 0 Å². The number of carbonyl (C=O) groups excluding carboxylic acids is 1. The fourth-order valence-electron chi connectivity index (χ4n) is 3.20. The lowest BCUT2D eigenvalue weighted by Gasteiger charge is -2.28. The summed E-state index contributed by atoms with van der Waals surface area (Å²) in [5.74, 6) is 0.0466. The van der Waals surface area contributed by atoms with Gasteiger partial charge in [0.05, 0.1) is 12.5 Å². The Bertz CT molecular complexity index is 443. The minimum absolute atomic E-state index is 0.170. The predicted molar refractivity (Wildman–Crippen MR) is 87.7 cm³/mol. The van der Waals surface area contributed by atoms with Crippen molar-refractivity contribution in [2.75, 3.05) is 0 Å². The number of benzene rings is 1. The van der Waals surface area contributed by atoms with Gasteiger partial charge in [-0.2, -0.15) is 0 Å². The van der Waals surface area contributed by atoms with Gasteiger partial charge in [0.25, 0.3) is 0 Å². The van der Waals surface area contributed by atoms with Gasteiger partial charge in [0.15, 0.2) is 0 Å². The number of hydrogen-bond donors (Lipinski definition) is 1. The molecule has 0 aromatic heterocycles. The van der Waals surface area contributed by atoms with Crippen LogP contribution in [-0.4, -0.2) is 23.3 Å². The van der Waals surface area contributed by atoms with Crippen molar-refractivity contribution >= 4 is 5.97 Å².